The molecular weight excluding hydrogens is 302 g/mol. The van der Waals surface area contributed by atoms with Gasteiger partial charge in [0.05, 0.1) is 42.2 Å². The van der Waals surface area contributed by atoms with Crippen LogP contribution in [0.3, 0.4) is 0 Å². The van der Waals surface area contributed by atoms with Crippen molar-refractivity contribution in [2.75, 3.05) is 24.6 Å². The molecule has 0 N–H and O–H groups in total. The first-order valence-electron chi connectivity index (χ1n) is 8.28. The van der Waals surface area contributed by atoms with Gasteiger partial charge in [0.25, 0.3) is 0 Å². The number of hydrogen-bond donors (Lipinski definition) is 0. The molecule has 6 nitrogen and oxygen atoms in total. The molecule has 0 bridgehead atoms. The molecule has 124 valence electrons. The number of benzene rings is 1. The average Bonchev–Trinajstić information content (AvgIpc) is 2.92. The monoisotopic (exact) mass is 323 g/mol. The number of fused-ring (bicyclic) bond motifs is 1. The van der Waals surface area contributed by atoms with Crippen molar-refractivity contribution >= 4 is 16.9 Å². The quantitative estimate of drug-likeness (QED) is 0.740. The molecule has 2 aromatic heterocycles. The lowest BCUT2D eigenvalue weighted by Crippen LogP contribution is -2.45. The summed E-state index contributed by atoms with van der Waals surface area (Å²) in [6.45, 7) is 7.18. The number of hydrogen-bond acceptors (Lipinski definition) is 5. The normalized spacial score (nSPS) is 18.2. The van der Waals surface area contributed by atoms with E-state index in [-0.39, 0.29) is 6.10 Å². The van der Waals surface area contributed by atoms with E-state index in [0.29, 0.717) is 6.61 Å². The highest BCUT2D eigenvalue weighted by Crippen LogP contribution is 2.19. The van der Waals surface area contributed by atoms with Crippen LogP contribution in [0.15, 0.2) is 36.5 Å². The zero-order valence-corrected chi connectivity index (χ0v) is 14.0. The van der Waals surface area contributed by atoms with Crippen LogP contribution in [0.4, 0.5) is 5.82 Å². The van der Waals surface area contributed by atoms with Crippen molar-refractivity contribution in [2.45, 2.75) is 26.5 Å². The number of ether oxygens (including phenoxy) is 1. The van der Waals surface area contributed by atoms with Gasteiger partial charge in [0.15, 0.2) is 0 Å². The van der Waals surface area contributed by atoms with Gasteiger partial charge in [-0.05, 0) is 32.0 Å². The van der Waals surface area contributed by atoms with Crippen LogP contribution in [0.2, 0.25) is 0 Å². The summed E-state index contributed by atoms with van der Waals surface area (Å²) in [5.74, 6) is 0.912. The van der Waals surface area contributed by atoms with E-state index in [0.717, 1.165) is 42.2 Å². The van der Waals surface area contributed by atoms with Gasteiger partial charge in [-0.2, -0.15) is 5.10 Å². The van der Waals surface area contributed by atoms with Crippen LogP contribution < -0.4 is 4.90 Å². The topological polar surface area (TPSA) is 56.1 Å². The van der Waals surface area contributed by atoms with Gasteiger partial charge in [0.2, 0.25) is 0 Å². The minimum atomic E-state index is 0.102. The Kier molecular flexibility index (Phi) is 3.90. The molecule has 1 aliphatic heterocycles. The number of aromatic nitrogens is 4. The summed E-state index contributed by atoms with van der Waals surface area (Å²) < 4.78 is 7.96. The van der Waals surface area contributed by atoms with E-state index >= 15 is 0 Å². The van der Waals surface area contributed by atoms with Gasteiger partial charge in [0, 0.05) is 18.8 Å². The maximum absolute atomic E-state index is 5.93. The standard InChI is InChI=1S/C18H21N5O/c1-13-9-14(2)23(21-13)12-15-11-22(7-8-24-15)18-10-19-16-5-3-4-6-17(16)20-18/h3-6,9-10,15H,7-8,11-12H2,1-2H3/t15-/m0/s1. The number of aryl methyl sites for hydroxylation is 2. The first kappa shape index (κ1) is 15.1. The van der Waals surface area contributed by atoms with E-state index < -0.39 is 0 Å². The maximum Gasteiger partial charge on any atom is 0.148 e. The summed E-state index contributed by atoms with van der Waals surface area (Å²) in [7, 11) is 0. The lowest BCUT2D eigenvalue weighted by Gasteiger charge is -2.33. The second-order valence-electron chi connectivity index (χ2n) is 6.26. The summed E-state index contributed by atoms with van der Waals surface area (Å²) in [4.78, 5) is 11.5. The molecule has 0 amide bonds. The van der Waals surface area contributed by atoms with Crippen molar-refractivity contribution in [3.8, 4) is 0 Å². The zero-order valence-electron chi connectivity index (χ0n) is 14.0. The number of para-hydroxylation sites is 2. The Morgan fingerprint density at radius 3 is 2.83 bits per heavy atom. The maximum atomic E-state index is 5.93. The zero-order chi connectivity index (χ0) is 16.5. The fourth-order valence-corrected chi connectivity index (χ4v) is 3.19. The van der Waals surface area contributed by atoms with Gasteiger partial charge < -0.3 is 9.64 Å². The largest absolute Gasteiger partial charge is 0.373 e. The van der Waals surface area contributed by atoms with Crippen molar-refractivity contribution in [1.29, 1.82) is 0 Å². The molecule has 4 rings (SSSR count). The molecule has 3 aromatic rings. The van der Waals surface area contributed by atoms with Gasteiger partial charge in [0.1, 0.15) is 5.82 Å². The molecule has 0 unspecified atom stereocenters. The molecular formula is C18H21N5O. The Balaban J connectivity index is 1.52. The third-order valence-corrected chi connectivity index (χ3v) is 4.38. The van der Waals surface area contributed by atoms with E-state index in [4.69, 9.17) is 9.72 Å². The predicted molar refractivity (Wildman–Crippen MR) is 93.2 cm³/mol. The predicted octanol–water partition coefficient (Wildman–Crippen LogP) is 2.35. The second-order valence-corrected chi connectivity index (χ2v) is 6.26. The Labute approximate surface area is 141 Å². The van der Waals surface area contributed by atoms with Gasteiger partial charge in [-0.3, -0.25) is 9.67 Å². The lowest BCUT2D eigenvalue weighted by molar-refractivity contribution is 0.0267. The molecule has 6 heteroatoms. The third-order valence-electron chi connectivity index (χ3n) is 4.38. The van der Waals surface area contributed by atoms with Gasteiger partial charge in [-0.15, -0.1) is 0 Å². The van der Waals surface area contributed by atoms with Crippen LogP contribution in [0, 0.1) is 13.8 Å². The Morgan fingerprint density at radius 1 is 1.21 bits per heavy atom. The van der Waals surface area contributed by atoms with E-state index in [1.54, 1.807) is 0 Å². The fourth-order valence-electron chi connectivity index (χ4n) is 3.19. The van der Waals surface area contributed by atoms with Crippen molar-refractivity contribution in [2.24, 2.45) is 0 Å². The van der Waals surface area contributed by atoms with E-state index in [1.807, 2.05) is 42.1 Å². The molecule has 1 aliphatic rings. The first-order chi connectivity index (χ1) is 11.7. The smallest absolute Gasteiger partial charge is 0.148 e. The second kappa shape index (κ2) is 6.20. The molecule has 1 atom stereocenters. The summed E-state index contributed by atoms with van der Waals surface area (Å²) in [5, 5.41) is 4.53. The van der Waals surface area contributed by atoms with Crippen LogP contribution in [0.25, 0.3) is 11.0 Å². The highest BCUT2D eigenvalue weighted by atomic mass is 16.5. The van der Waals surface area contributed by atoms with Crippen LogP contribution in [-0.4, -0.2) is 45.5 Å². The number of nitrogens with zero attached hydrogens (tertiary/aromatic N) is 5. The van der Waals surface area contributed by atoms with E-state index in [1.165, 1.54) is 5.69 Å². The van der Waals surface area contributed by atoms with E-state index in [9.17, 15) is 0 Å². The molecule has 0 spiro atoms. The Bertz CT molecular complexity index is 859. The van der Waals surface area contributed by atoms with Crippen molar-refractivity contribution in [1.82, 2.24) is 19.7 Å². The van der Waals surface area contributed by atoms with Crippen molar-refractivity contribution in [3.63, 3.8) is 0 Å². The molecule has 1 saturated heterocycles. The summed E-state index contributed by atoms with van der Waals surface area (Å²) in [6, 6.07) is 10.0. The van der Waals surface area contributed by atoms with Crippen LogP contribution in [0.1, 0.15) is 11.4 Å². The molecule has 1 aromatic carbocycles. The minimum Gasteiger partial charge on any atom is -0.373 e. The molecule has 3 heterocycles. The first-order valence-corrected chi connectivity index (χ1v) is 8.28. The summed E-state index contributed by atoms with van der Waals surface area (Å²) in [6.07, 6.45) is 1.96. The van der Waals surface area contributed by atoms with Crippen LogP contribution in [-0.2, 0) is 11.3 Å². The summed E-state index contributed by atoms with van der Waals surface area (Å²) in [5.41, 5.74) is 4.06. The molecule has 0 radical (unpaired) electrons. The lowest BCUT2D eigenvalue weighted by atomic mass is 10.2. The minimum absolute atomic E-state index is 0.102. The highest BCUT2D eigenvalue weighted by molar-refractivity contribution is 5.75. The number of rotatable bonds is 3. The third kappa shape index (κ3) is 2.97. The number of morpholine rings is 1. The van der Waals surface area contributed by atoms with Gasteiger partial charge in [-0.1, -0.05) is 12.1 Å². The Hall–Kier alpha value is -2.47. The number of anilines is 1. The highest BCUT2D eigenvalue weighted by Gasteiger charge is 2.23. The SMILES string of the molecule is Cc1cc(C)n(C[C@@H]2CN(c3cnc4ccccc4n3)CCO2)n1. The molecule has 24 heavy (non-hydrogen) atoms. The van der Waals surface area contributed by atoms with Gasteiger partial charge in [-0.25, -0.2) is 4.98 Å². The Morgan fingerprint density at radius 2 is 2.04 bits per heavy atom. The molecule has 0 saturated carbocycles. The van der Waals surface area contributed by atoms with E-state index in [2.05, 4.69) is 28.0 Å². The van der Waals surface area contributed by atoms with Crippen LogP contribution in [0.5, 0.6) is 0 Å². The average molecular weight is 323 g/mol. The molecule has 1 fully saturated rings. The fraction of sp³-hybridized carbons (Fsp3) is 0.389. The van der Waals surface area contributed by atoms with Crippen molar-refractivity contribution < 1.29 is 4.74 Å². The van der Waals surface area contributed by atoms with Gasteiger partial charge >= 0.3 is 0 Å². The molecule has 0 aliphatic carbocycles. The van der Waals surface area contributed by atoms with Crippen LogP contribution >= 0.6 is 0 Å². The van der Waals surface area contributed by atoms with Crippen molar-refractivity contribution in [3.05, 3.63) is 47.9 Å². The summed E-state index contributed by atoms with van der Waals surface area (Å²) >= 11 is 0.